The SMILES string of the molecule is O=C(CNc1ccc(-c2nnnn2C2CC2)cc1)NC(=O)NCc1ccccc1. The summed E-state index contributed by atoms with van der Waals surface area (Å²) in [6, 6.07) is 16.9. The fourth-order valence-electron chi connectivity index (χ4n) is 2.86. The molecule has 0 spiro atoms. The average Bonchev–Trinajstić information content (AvgIpc) is 3.48. The molecule has 1 aromatic heterocycles. The van der Waals surface area contributed by atoms with Crippen molar-refractivity contribution in [3.63, 3.8) is 0 Å². The molecule has 1 heterocycles. The zero-order chi connectivity index (χ0) is 20.1. The highest BCUT2D eigenvalue weighted by Gasteiger charge is 2.28. The molecule has 148 valence electrons. The smallest absolute Gasteiger partial charge is 0.321 e. The summed E-state index contributed by atoms with van der Waals surface area (Å²) in [6.45, 7) is 0.340. The lowest BCUT2D eigenvalue weighted by molar-refractivity contribution is -0.118. The highest BCUT2D eigenvalue weighted by atomic mass is 16.2. The molecule has 1 fully saturated rings. The molecule has 2 aromatic carbocycles. The van der Waals surface area contributed by atoms with E-state index in [-0.39, 0.29) is 6.54 Å². The second kappa shape index (κ2) is 8.51. The van der Waals surface area contributed by atoms with E-state index in [2.05, 4.69) is 31.5 Å². The Bertz CT molecular complexity index is 982. The van der Waals surface area contributed by atoms with Gasteiger partial charge in [0.25, 0.3) is 0 Å². The third kappa shape index (κ3) is 4.95. The fraction of sp³-hybridized carbons (Fsp3) is 0.250. The van der Waals surface area contributed by atoms with Crippen molar-refractivity contribution in [2.45, 2.75) is 25.4 Å². The molecule has 0 unspecified atom stereocenters. The summed E-state index contributed by atoms with van der Waals surface area (Å²) in [5, 5.41) is 19.9. The van der Waals surface area contributed by atoms with Crippen LogP contribution in [0.3, 0.4) is 0 Å². The predicted molar refractivity (Wildman–Crippen MR) is 107 cm³/mol. The number of rotatable bonds is 7. The van der Waals surface area contributed by atoms with Crippen LogP contribution in [-0.2, 0) is 11.3 Å². The molecule has 3 amide bonds. The van der Waals surface area contributed by atoms with Crippen molar-refractivity contribution in [1.29, 1.82) is 0 Å². The van der Waals surface area contributed by atoms with Crippen LogP contribution in [0.2, 0.25) is 0 Å². The lowest BCUT2D eigenvalue weighted by atomic mass is 10.2. The van der Waals surface area contributed by atoms with E-state index in [1.54, 1.807) is 0 Å². The summed E-state index contributed by atoms with van der Waals surface area (Å²) in [4.78, 5) is 23.8. The minimum atomic E-state index is -0.525. The number of carbonyl (C=O) groups excluding carboxylic acids is 2. The van der Waals surface area contributed by atoms with Crippen LogP contribution in [0, 0.1) is 0 Å². The van der Waals surface area contributed by atoms with E-state index < -0.39 is 11.9 Å². The van der Waals surface area contributed by atoms with Crippen LogP contribution in [-0.4, -0.2) is 38.7 Å². The Morgan fingerprint density at radius 1 is 1.03 bits per heavy atom. The van der Waals surface area contributed by atoms with Crippen LogP contribution in [0.25, 0.3) is 11.4 Å². The van der Waals surface area contributed by atoms with Crippen LogP contribution in [0.15, 0.2) is 54.6 Å². The lowest BCUT2D eigenvalue weighted by Gasteiger charge is -2.09. The molecule has 1 aliphatic carbocycles. The Hall–Kier alpha value is -3.75. The van der Waals surface area contributed by atoms with Gasteiger partial charge in [-0.15, -0.1) is 5.10 Å². The largest absolute Gasteiger partial charge is 0.376 e. The number of tetrazole rings is 1. The van der Waals surface area contributed by atoms with Gasteiger partial charge in [0.2, 0.25) is 5.91 Å². The highest BCUT2D eigenvalue weighted by molar-refractivity contribution is 5.96. The van der Waals surface area contributed by atoms with Crippen molar-refractivity contribution in [2.75, 3.05) is 11.9 Å². The van der Waals surface area contributed by atoms with E-state index in [4.69, 9.17) is 0 Å². The van der Waals surface area contributed by atoms with E-state index in [0.29, 0.717) is 12.6 Å². The van der Waals surface area contributed by atoms with Gasteiger partial charge in [-0.05, 0) is 53.1 Å². The second-order valence-electron chi connectivity index (χ2n) is 6.83. The van der Waals surface area contributed by atoms with Crippen LogP contribution in [0.4, 0.5) is 10.5 Å². The van der Waals surface area contributed by atoms with Crippen molar-refractivity contribution in [3.05, 3.63) is 60.2 Å². The third-order valence-corrected chi connectivity index (χ3v) is 4.53. The first-order valence-corrected chi connectivity index (χ1v) is 9.43. The van der Waals surface area contributed by atoms with Crippen molar-refractivity contribution >= 4 is 17.6 Å². The number of carbonyl (C=O) groups is 2. The maximum atomic E-state index is 12.0. The number of urea groups is 1. The average molecular weight is 391 g/mol. The molecule has 3 N–H and O–H groups in total. The Labute approximate surface area is 167 Å². The zero-order valence-electron chi connectivity index (χ0n) is 15.7. The maximum Gasteiger partial charge on any atom is 0.321 e. The van der Waals surface area contributed by atoms with Gasteiger partial charge in [-0.3, -0.25) is 10.1 Å². The molecule has 0 bridgehead atoms. The number of amides is 3. The molecule has 0 atom stereocenters. The fourth-order valence-corrected chi connectivity index (χ4v) is 2.86. The van der Waals surface area contributed by atoms with Crippen LogP contribution in [0.1, 0.15) is 24.4 Å². The van der Waals surface area contributed by atoms with Gasteiger partial charge in [0, 0.05) is 17.8 Å². The minimum Gasteiger partial charge on any atom is -0.376 e. The molecular weight excluding hydrogens is 370 g/mol. The summed E-state index contributed by atoms with van der Waals surface area (Å²) in [6.07, 6.45) is 2.21. The topological polar surface area (TPSA) is 114 Å². The van der Waals surface area contributed by atoms with Gasteiger partial charge in [0.05, 0.1) is 12.6 Å². The number of anilines is 1. The van der Waals surface area contributed by atoms with Gasteiger partial charge in [-0.1, -0.05) is 30.3 Å². The Morgan fingerprint density at radius 3 is 2.52 bits per heavy atom. The first kappa shape index (κ1) is 18.6. The molecule has 1 saturated carbocycles. The monoisotopic (exact) mass is 391 g/mol. The predicted octanol–water partition coefficient (Wildman–Crippen LogP) is 2.11. The number of hydrogen-bond acceptors (Lipinski definition) is 6. The number of nitrogens with one attached hydrogen (secondary N) is 3. The number of nitrogens with zero attached hydrogens (tertiary/aromatic N) is 4. The van der Waals surface area contributed by atoms with Crippen molar-refractivity contribution in [1.82, 2.24) is 30.8 Å². The number of aromatic nitrogens is 4. The van der Waals surface area contributed by atoms with Crippen molar-refractivity contribution in [3.8, 4) is 11.4 Å². The third-order valence-electron chi connectivity index (χ3n) is 4.53. The Balaban J connectivity index is 1.24. The molecule has 9 heteroatoms. The summed E-state index contributed by atoms with van der Waals surface area (Å²) in [7, 11) is 0. The lowest BCUT2D eigenvalue weighted by Crippen LogP contribution is -2.41. The van der Waals surface area contributed by atoms with Gasteiger partial charge < -0.3 is 10.6 Å². The number of benzene rings is 2. The van der Waals surface area contributed by atoms with E-state index in [9.17, 15) is 9.59 Å². The number of imide groups is 1. The first-order chi connectivity index (χ1) is 14.2. The van der Waals surface area contributed by atoms with E-state index in [1.807, 2.05) is 59.3 Å². The summed E-state index contributed by atoms with van der Waals surface area (Å²) in [5.41, 5.74) is 2.64. The summed E-state index contributed by atoms with van der Waals surface area (Å²) < 4.78 is 1.85. The Morgan fingerprint density at radius 2 is 1.79 bits per heavy atom. The van der Waals surface area contributed by atoms with Gasteiger partial charge in [0.15, 0.2) is 5.82 Å². The maximum absolute atomic E-state index is 12.0. The number of hydrogen-bond donors (Lipinski definition) is 3. The van der Waals surface area contributed by atoms with E-state index in [0.717, 1.165) is 35.5 Å². The summed E-state index contributed by atoms with van der Waals surface area (Å²) in [5.74, 6) is 0.323. The quantitative estimate of drug-likeness (QED) is 0.568. The van der Waals surface area contributed by atoms with E-state index >= 15 is 0 Å². The van der Waals surface area contributed by atoms with Crippen molar-refractivity contribution < 1.29 is 9.59 Å². The van der Waals surface area contributed by atoms with Gasteiger partial charge >= 0.3 is 6.03 Å². The zero-order valence-corrected chi connectivity index (χ0v) is 15.7. The molecule has 4 rings (SSSR count). The molecule has 0 saturated heterocycles. The first-order valence-electron chi connectivity index (χ1n) is 9.43. The van der Waals surface area contributed by atoms with Crippen molar-refractivity contribution in [2.24, 2.45) is 0 Å². The molecule has 0 radical (unpaired) electrons. The molecule has 1 aliphatic rings. The standard InChI is InChI=1S/C20H21N7O2/c28-18(23-20(29)22-12-14-4-2-1-3-5-14)13-21-16-8-6-15(7-9-16)19-24-25-26-27(19)17-10-11-17/h1-9,17,21H,10-13H2,(H2,22,23,28,29). The molecular formula is C20H21N7O2. The second-order valence-corrected chi connectivity index (χ2v) is 6.83. The van der Waals surface area contributed by atoms with Gasteiger partial charge in [-0.2, -0.15) is 0 Å². The molecule has 9 nitrogen and oxygen atoms in total. The summed E-state index contributed by atoms with van der Waals surface area (Å²) >= 11 is 0. The normalized spacial score (nSPS) is 13.0. The van der Waals surface area contributed by atoms with Crippen LogP contribution >= 0.6 is 0 Å². The highest BCUT2D eigenvalue weighted by Crippen LogP contribution is 2.36. The van der Waals surface area contributed by atoms with Gasteiger partial charge in [-0.25, -0.2) is 9.48 Å². The van der Waals surface area contributed by atoms with Gasteiger partial charge in [0.1, 0.15) is 0 Å². The van der Waals surface area contributed by atoms with Crippen LogP contribution < -0.4 is 16.0 Å². The molecule has 0 aliphatic heterocycles. The van der Waals surface area contributed by atoms with E-state index in [1.165, 1.54) is 0 Å². The minimum absolute atomic E-state index is 0.0160. The van der Waals surface area contributed by atoms with Crippen LogP contribution in [0.5, 0.6) is 0 Å². The molecule has 3 aromatic rings. The molecule has 29 heavy (non-hydrogen) atoms. The Kier molecular flexibility index (Phi) is 5.46.